The molecule has 0 saturated carbocycles. The van der Waals surface area contributed by atoms with Crippen LogP contribution in [-0.4, -0.2) is 68.2 Å². The molecule has 3 aromatic carbocycles. The summed E-state index contributed by atoms with van der Waals surface area (Å²) in [5.41, 5.74) is 2.15. The molecule has 2 heterocycles. The molecule has 1 N–H and O–H groups in total. The number of likely N-dealkylation sites (N-methyl/N-ethyl adjacent to an activating group) is 1. The van der Waals surface area contributed by atoms with E-state index >= 15 is 0 Å². The Morgan fingerprint density at radius 3 is 2.34 bits per heavy atom. The molecular weight excluding hydrogens is 504 g/mol. The van der Waals surface area contributed by atoms with Gasteiger partial charge in [0.2, 0.25) is 5.88 Å². The quantitative estimate of drug-likeness (QED) is 0.357. The summed E-state index contributed by atoms with van der Waals surface area (Å²) < 4.78 is 12.0. The van der Waals surface area contributed by atoms with Crippen molar-refractivity contribution < 1.29 is 14.6 Å². The molecule has 0 unspecified atom stereocenters. The molecule has 0 aliphatic carbocycles. The maximum atomic E-state index is 13.5. The van der Waals surface area contributed by atoms with E-state index in [0.29, 0.717) is 44.2 Å². The van der Waals surface area contributed by atoms with Crippen LogP contribution < -0.4 is 19.9 Å². The van der Waals surface area contributed by atoms with Crippen LogP contribution in [0.15, 0.2) is 70.5 Å². The Morgan fingerprint density at radius 1 is 0.921 bits per heavy atom. The summed E-state index contributed by atoms with van der Waals surface area (Å²) in [5, 5.41) is 13.1. The predicted octanol–water partition coefficient (Wildman–Crippen LogP) is 4.87. The molecule has 8 nitrogen and oxygen atoms in total. The van der Waals surface area contributed by atoms with Gasteiger partial charge in [-0.2, -0.15) is 0 Å². The molecule has 1 fully saturated rings. The van der Waals surface area contributed by atoms with Crippen LogP contribution in [0.3, 0.4) is 0 Å². The number of hydrogen-bond donors (Lipinski definition) is 1. The normalized spacial score (nSPS) is 14.4. The average Bonchev–Trinajstić information content (AvgIpc) is 2.93. The van der Waals surface area contributed by atoms with Crippen LogP contribution in [0.2, 0.25) is 5.02 Å². The van der Waals surface area contributed by atoms with Crippen LogP contribution in [0.1, 0.15) is 5.56 Å². The van der Waals surface area contributed by atoms with Gasteiger partial charge < -0.3 is 24.4 Å². The average molecular weight is 533 g/mol. The summed E-state index contributed by atoms with van der Waals surface area (Å²) in [6.07, 6.45) is 1.60. The molecule has 38 heavy (non-hydrogen) atoms. The highest BCUT2D eigenvalue weighted by molar-refractivity contribution is 6.31. The number of nitrogens with zero attached hydrogens (tertiary/aromatic N) is 4. The Kier molecular flexibility index (Phi) is 7.26. The van der Waals surface area contributed by atoms with Crippen molar-refractivity contribution in [3.63, 3.8) is 0 Å². The zero-order valence-corrected chi connectivity index (χ0v) is 22.3. The molecule has 196 valence electrons. The van der Waals surface area contributed by atoms with Crippen LogP contribution in [0, 0.1) is 0 Å². The summed E-state index contributed by atoms with van der Waals surface area (Å²) in [7, 11) is 5.17. The fraction of sp³-hybridized carbons (Fsp3) is 0.241. The van der Waals surface area contributed by atoms with Crippen LogP contribution in [0.25, 0.3) is 16.5 Å². The summed E-state index contributed by atoms with van der Waals surface area (Å²) in [5.74, 6) is 0.729. The number of pyridine rings is 1. The number of piperazine rings is 1. The Morgan fingerprint density at radius 2 is 1.63 bits per heavy atom. The first-order chi connectivity index (χ1) is 18.4. The van der Waals surface area contributed by atoms with E-state index in [9.17, 15) is 9.90 Å². The molecule has 1 aliphatic rings. The SMILES string of the molecule is COc1ccc(-n2c(O)c(C=Nc3cc(Cl)ccc3N3CCN(C)CC3)c3ccccc3c2=O)cc1OC. The lowest BCUT2D eigenvalue weighted by Gasteiger charge is -2.34. The molecule has 5 rings (SSSR count). The number of fused-ring (bicyclic) bond motifs is 1. The van der Waals surface area contributed by atoms with Gasteiger partial charge in [-0.1, -0.05) is 29.8 Å². The van der Waals surface area contributed by atoms with Crippen molar-refractivity contribution in [2.24, 2.45) is 4.99 Å². The zero-order valence-electron chi connectivity index (χ0n) is 21.5. The molecule has 1 saturated heterocycles. The van der Waals surface area contributed by atoms with Gasteiger partial charge in [-0.25, -0.2) is 4.57 Å². The van der Waals surface area contributed by atoms with Crippen molar-refractivity contribution >= 4 is 40.0 Å². The highest BCUT2D eigenvalue weighted by atomic mass is 35.5. The highest BCUT2D eigenvalue weighted by Gasteiger charge is 2.20. The molecule has 4 aromatic rings. The van der Waals surface area contributed by atoms with Gasteiger partial charge in [0, 0.05) is 54.3 Å². The number of ether oxygens (including phenoxy) is 2. The first-order valence-electron chi connectivity index (χ1n) is 12.3. The summed E-state index contributed by atoms with van der Waals surface area (Å²) in [6.45, 7) is 3.65. The minimum Gasteiger partial charge on any atom is -0.494 e. The van der Waals surface area contributed by atoms with Gasteiger partial charge in [-0.05, 0) is 43.4 Å². The van der Waals surface area contributed by atoms with Crippen molar-refractivity contribution in [1.82, 2.24) is 9.47 Å². The first-order valence-corrected chi connectivity index (χ1v) is 12.6. The lowest BCUT2D eigenvalue weighted by Crippen LogP contribution is -2.44. The molecule has 1 aromatic heterocycles. The third-order valence-electron chi connectivity index (χ3n) is 6.84. The molecule has 1 aliphatic heterocycles. The summed E-state index contributed by atoms with van der Waals surface area (Å²) in [4.78, 5) is 22.9. The number of aromatic nitrogens is 1. The topological polar surface area (TPSA) is 79.5 Å². The zero-order chi connectivity index (χ0) is 26.8. The van der Waals surface area contributed by atoms with Crippen molar-refractivity contribution in [2.75, 3.05) is 52.3 Å². The molecule has 0 amide bonds. The largest absolute Gasteiger partial charge is 0.494 e. The van der Waals surface area contributed by atoms with E-state index in [1.807, 2.05) is 24.3 Å². The fourth-order valence-electron chi connectivity index (χ4n) is 4.74. The van der Waals surface area contributed by atoms with E-state index in [4.69, 9.17) is 26.1 Å². The van der Waals surface area contributed by atoms with Gasteiger partial charge >= 0.3 is 0 Å². The summed E-state index contributed by atoms with van der Waals surface area (Å²) >= 11 is 6.35. The number of anilines is 1. The van der Waals surface area contributed by atoms with Gasteiger partial charge in [0.1, 0.15) is 0 Å². The number of aliphatic imine (C=N–C) groups is 1. The minimum atomic E-state index is -0.358. The molecular formula is C29H29ClN4O4. The van der Waals surface area contributed by atoms with Crippen molar-refractivity contribution in [3.8, 4) is 23.1 Å². The number of halogens is 1. The van der Waals surface area contributed by atoms with E-state index in [0.717, 1.165) is 31.9 Å². The smallest absolute Gasteiger partial charge is 0.265 e. The van der Waals surface area contributed by atoms with E-state index in [-0.39, 0.29) is 11.4 Å². The van der Waals surface area contributed by atoms with E-state index in [1.165, 1.54) is 18.8 Å². The van der Waals surface area contributed by atoms with E-state index in [2.05, 4.69) is 16.8 Å². The fourth-order valence-corrected chi connectivity index (χ4v) is 4.91. The molecule has 0 radical (unpaired) electrons. The maximum Gasteiger partial charge on any atom is 0.265 e. The van der Waals surface area contributed by atoms with Crippen LogP contribution in [0.4, 0.5) is 11.4 Å². The molecule has 9 heteroatoms. The minimum absolute atomic E-state index is 0.229. The first kappa shape index (κ1) is 25.6. The van der Waals surface area contributed by atoms with Crippen molar-refractivity contribution in [1.29, 1.82) is 0 Å². The highest BCUT2D eigenvalue weighted by Crippen LogP contribution is 2.35. The Labute approximate surface area is 225 Å². The van der Waals surface area contributed by atoms with E-state index < -0.39 is 0 Å². The van der Waals surface area contributed by atoms with Gasteiger partial charge in [0.15, 0.2) is 11.5 Å². The second-order valence-electron chi connectivity index (χ2n) is 9.14. The third kappa shape index (κ3) is 4.80. The van der Waals surface area contributed by atoms with E-state index in [1.54, 1.807) is 42.6 Å². The standard InChI is InChI=1S/C29H29ClN4O4/c1-32-12-14-33(15-13-32)25-10-8-19(30)16-24(25)31-18-23-21-6-4-5-7-22(21)28(35)34(29(23)36)20-9-11-26(37-2)27(17-20)38-3/h4-11,16-18,36H,12-15H2,1-3H3. The lowest BCUT2D eigenvalue weighted by atomic mass is 10.1. The second-order valence-corrected chi connectivity index (χ2v) is 9.58. The second kappa shape index (κ2) is 10.8. The molecule has 0 spiro atoms. The lowest BCUT2D eigenvalue weighted by molar-refractivity contribution is 0.313. The number of benzene rings is 3. The van der Waals surface area contributed by atoms with Gasteiger partial charge in [-0.15, -0.1) is 0 Å². The Hall–Kier alpha value is -4.01. The number of aromatic hydroxyl groups is 1. The molecule has 0 atom stereocenters. The monoisotopic (exact) mass is 532 g/mol. The third-order valence-corrected chi connectivity index (χ3v) is 7.08. The van der Waals surface area contributed by atoms with Crippen LogP contribution in [0.5, 0.6) is 17.4 Å². The maximum absolute atomic E-state index is 13.5. The van der Waals surface area contributed by atoms with Crippen molar-refractivity contribution in [2.45, 2.75) is 0 Å². The number of methoxy groups -OCH3 is 2. The number of rotatable bonds is 6. The van der Waals surface area contributed by atoms with Gasteiger partial charge in [0.05, 0.1) is 36.8 Å². The van der Waals surface area contributed by atoms with Gasteiger partial charge in [-0.3, -0.25) is 9.79 Å². The number of hydrogen-bond acceptors (Lipinski definition) is 7. The van der Waals surface area contributed by atoms with Crippen LogP contribution >= 0.6 is 11.6 Å². The van der Waals surface area contributed by atoms with Crippen LogP contribution in [-0.2, 0) is 0 Å². The Balaban J connectivity index is 1.66. The molecule has 0 bridgehead atoms. The van der Waals surface area contributed by atoms with Gasteiger partial charge in [0.25, 0.3) is 5.56 Å². The predicted molar refractivity (Wildman–Crippen MR) is 153 cm³/mol. The summed E-state index contributed by atoms with van der Waals surface area (Å²) in [6, 6.07) is 17.8. The Bertz CT molecular complexity index is 1580. The van der Waals surface area contributed by atoms with Crippen molar-refractivity contribution in [3.05, 3.63) is 81.6 Å².